The normalized spacial score (nSPS) is 20.4. The zero-order chi connectivity index (χ0) is 16.6. The van der Waals surface area contributed by atoms with E-state index in [1.165, 1.54) is 11.0 Å². The summed E-state index contributed by atoms with van der Waals surface area (Å²) >= 11 is 0. The topological polar surface area (TPSA) is 80.5 Å². The molecule has 1 saturated heterocycles. The number of hydrogen-bond donors (Lipinski definition) is 0. The molecule has 0 saturated carbocycles. The third kappa shape index (κ3) is 3.26. The van der Waals surface area contributed by atoms with E-state index in [1.54, 1.807) is 19.1 Å². The first-order valence-electron chi connectivity index (χ1n) is 7.05. The first-order valence-corrected chi connectivity index (χ1v) is 8.87. The van der Waals surface area contributed by atoms with Gasteiger partial charge < -0.3 is 9.32 Å². The number of sulfone groups is 1. The highest BCUT2D eigenvalue weighted by molar-refractivity contribution is 7.91. The van der Waals surface area contributed by atoms with Crippen LogP contribution in [0.2, 0.25) is 0 Å². The molecule has 6 nitrogen and oxygen atoms in total. The van der Waals surface area contributed by atoms with Crippen molar-refractivity contribution in [2.24, 2.45) is 0 Å². The van der Waals surface area contributed by atoms with Gasteiger partial charge in [0.2, 0.25) is 5.95 Å². The van der Waals surface area contributed by atoms with Gasteiger partial charge >= 0.3 is 0 Å². The summed E-state index contributed by atoms with van der Waals surface area (Å²) in [5.74, 6) is -0.315. The van der Waals surface area contributed by atoms with Crippen molar-refractivity contribution < 1.29 is 22.0 Å². The van der Waals surface area contributed by atoms with Crippen LogP contribution in [0.3, 0.4) is 0 Å². The third-order valence-electron chi connectivity index (χ3n) is 3.76. The Labute approximate surface area is 132 Å². The second kappa shape index (κ2) is 5.77. The zero-order valence-electron chi connectivity index (χ0n) is 12.4. The molecule has 0 radical (unpaired) electrons. The van der Waals surface area contributed by atoms with Crippen LogP contribution in [0.1, 0.15) is 27.9 Å². The fourth-order valence-corrected chi connectivity index (χ4v) is 4.05. The van der Waals surface area contributed by atoms with Crippen molar-refractivity contribution in [1.82, 2.24) is 9.88 Å². The minimum atomic E-state index is -3.26. The molecule has 1 fully saturated rings. The third-order valence-corrected chi connectivity index (χ3v) is 5.38. The minimum absolute atomic E-state index is 0.0585. The fraction of sp³-hybridized carbons (Fsp3) is 0.333. The van der Waals surface area contributed by atoms with Crippen LogP contribution in [0.5, 0.6) is 0 Å². The molecule has 0 aromatic carbocycles. The summed E-state index contributed by atoms with van der Waals surface area (Å²) in [7, 11) is -3.26. The Morgan fingerprint density at radius 2 is 2.13 bits per heavy atom. The SMILES string of the molecule is Cc1ccc([C@@H]2CS(=O)(=O)CCN2C(=O)c2ccc(F)nc2)o1. The highest BCUT2D eigenvalue weighted by atomic mass is 32.2. The Morgan fingerprint density at radius 3 is 2.74 bits per heavy atom. The van der Waals surface area contributed by atoms with Crippen LogP contribution in [0, 0.1) is 12.9 Å². The molecule has 122 valence electrons. The Morgan fingerprint density at radius 1 is 1.35 bits per heavy atom. The van der Waals surface area contributed by atoms with Crippen LogP contribution >= 0.6 is 0 Å². The number of rotatable bonds is 2. The molecule has 3 rings (SSSR count). The van der Waals surface area contributed by atoms with E-state index < -0.39 is 27.7 Å². The monoisotopic (exact) mass is 338 g/mol. The van der Waals surface area contributed by atoms with Crippen LogP contribution in [0.15, 0.2) is 34.9 Å². The van der Waals surface area contributed by atoms with Crippen molar-refractivity contribution in [2.45, 2.75) is 13.0 Å². The van der Waals surface area contributed by atoms with E-state index >= 15 is 0 Å². The number of halogens is 1. The smallest absolute Gasteiger partial charge is 0.256 e. The molecule has 1 atom stereocenters. The molecule has 1 aliphatic heterocycles. The Bertz CT molecular complexity index is 829. The number of aromatic nitrogens is 1. The van der Waals surface area contributed by atoms with Crippen molar-refractivity contribution in [3.63, 3.8) is 0 Å². The molecule has 23 heavy (non-hydrogen) atoms. The van der Waals surface area contributed by atoms with Gasteiger partial charge in [-0.2, -0.15) is 4.39 Å². The quantitative estimate of drug-likeness (QED) is 0.779. The molecule has 3 heterocycles. The lowest BCUT2D eigenvalue weighted by molar-refractivity contribution is 0.0676. The Hall–Kier alpha value is -2.22. The van der Waals surface area contributed by atoms with Crippen molar-refractivity contribution in [3.05, 3.63) is 53.5 Å². The molecule has 1 aliphatic rings. The summed E-state index contributed by atoms with van der Waals surface area (Å²) in [5, 5.41) is 0. The predicted molar refractivity (Wildman–Crippen MR) is 80.1 cm³/mol. The maximum atomic E-state index is 12.9. The van der Waals surface area contributed by atoms with E-state index in [2.05, 4.69) is 4.98 Å². The van der Waals surface area contributed by atoms with Crippen molar-refractivity contribution in [3.8, 4) is 0 Å². The summed E-state index contributed by atoms with van der Waals surface area (Å²) < 4.78 is 42.3. The van der Waals surface area contributed by atoms with E-state index in [0.29, 0.717) is 11.5 Å². The van der Waals surface area contributed by atoms with E-state index in [0.717, 1.165) is 12.3 Å². The number of furan rings is 1. The average molecular weight is 338 g/mol. The molecule has 0 bridgehead atoms. The average Bonchev–Trinajstić information content (AvgIpc) is 2.93. The second-order valence-corrected chi connectivity index (χ2v) is 7.68. The molecule has 0 spiro atoms. The van der Waals surface area contributed by atoms with E-state index in [-0.39, 0.29) is 23.6 Å². The molecular weight excluding hydrogens is 323 g/mol. The number of amides is 1. The first kappa shape index (κ1) is 15.7. The van der Waals surface area contributed by atoms with Crippen LogP contribution in [0.25, 0.3) is 0 Å². The molecule has 2 aromatic heterocycles. The van der Waals surface area contributed by atoms with Crippen LogP contribution in [0.4, 0.5) is 4.39 Å². The molecule has 2 aromatic rings. The van der Waals surface area contributed by atoms with Crippen LogP contribution in [-0.4, -0.2) is 42.3 Å². The van der Waals surface area contributed by atoms with Crippen molar-refractivity contribution in [2.75, 3.05) is 18.1 Å². The molecule has 0 N–H and O–H groups in total. The Balaban J connectivity index is 1.94. The minimum Gasteiger partial charge on any atom is -0.464 e. The van der Waals surface area contributed by atoms with Gasteiger partial charge in [-0.05, 0) is 31.2 Å². The standard InChI is InChI=1S/C15H15FN2O4S/c1-10-2-4-13(22-10)12-9-23(20,21)7-6-18(12)15(19)11-3-5-14(16)17-8-11/h2-5,8,12H,6-7,9H2,1H3/t12-/m0/s1. The second-order valence-electron chi connectivity index (χ2n) is 5.45. The van der Waals surface area contributed by atoms with E-state index in [1.807, 2.05) is 0 Å². The number of pyridine rings is 1. The predicted octanol–water partition coefficient (Wildman–Crippen LogP) is 1.73. The number of nitrogens with zero attached hydrogens (tertiary/aromatic N) is 2. The highest BCUT2D eigenvalue weighted by Crippen LogP contribution is 2.29. The summed E-state index contributed by atoms with van der Waals surface area (Å²) in [5.41, 5.74) is 0.207. The van der Waals surface area contributed by atoms with Gasteiger partial charge in [0.15, 0.2) is 9.84 Å². The number of hydrogen-bond acceptors (Lipinski definition) is 5. The number of carbonyl (C=O) groups is 1. The fourth-order valence-electron chi connectivity index (χ4n) is 2.59. The molecule has 0 aliphatic carbocycles. The summed E-state index contributed by atoms with van der Waals surface area (Å²) in [6, 6.07) is 5.13. The van der Waals surface area contributed by atoms with E-state index in [9.17, 15) is 17.6 Å². The summed E-state index contributed by atoms with van der Waals surface area (Å²) in [6.45, 7) is 1.81. The largest absolute Gasteiger partial charge is 0.464 e. The molecule has 8 heteroatoms. The van der Waals surface area contributed by atoms with Gasteiger partial charge in [-0.25, -0.2) is 13.4 Å². The summed E-state index contributed by atoms with van der Waals surface area (Å²) in [6.07, 6.45) is 1.14. The zero-order valence-corrected chi connectivity index (χ0v) is 13.2. The van der Waals surface area contributed by atoms with Crippen LogP contribution < -0.4 is 0 Å². The number of aryl methyl sites for hydroxylation is 1. The lowest BCUT2D eigenvalue weighted by Crippen LogP contribution is -2.46. The first-order chi connectivity index (χ1) is 10.9. The molecular formula is C15H15FN2O4S. The number of carbonyl (C=O) groups excluding carboxylic acids is 1. The maximum absolute atomic E-state index is 12.9. The lowest BCUT2D eigenvalue weighted by atomic mass is 10.1. The van der Waals surface area contributed by atoms with Gasteiger partial charge in [0.25, 0.3) is 5.91 Å². The van der Waals surface area contributed by atoms with Gasteiger partial charge in [0.05, 0.1) is 17.1 Å². The maximum Gasteiger partial charge on any atom is 0.256 e. The van der Waals surface area contributed by atoms with Gasteiger partial charge in [0.1, 0.15) is 17.6 Å². The van der Waals surface area contributed by atoms with Crippen molar-refractivity contribution in [1.29, 1.82) is 0 Å². The highest BCUT2D eigenvalue weighted by Gasteiger charge is 2.37. The lowest BCUT2D eigenvalue weighted by Gasteiger charge is -2.34. The molecule has 0 unspecified atom stereocenters. The molecule has 1 amide bonds. The Kier molecular flexibility index (Phi) is 3.93. The van der Waals surface area contributed by atoms with Gasteiger partial charge in [-0.15, -0.1) is 0 Å². The van der Waals surface area contributed by atoms with Gasteiger partial charge in [0, 0.05) is 12.7 Å². The van der Waals surface area contributed by atoms with E-state index in [4.69, 9.17) is 4.42 Å². The van der Waals surface area contributed by atoms with Gasteiger partial charge in [-0.3, -0.25) is 4.79 Å². The van der Waals surface area contributed by atoms with Gasteiger partial charge in [-0.1, -0.05) is 0 Å². The van der Waals surface area contributed by atoms with Crippen LogP contribution in [-0.2, 0) is 9.84 Å². The van der Waals surface area contributed by atoms with Crippen molar-refractivity contribution >= 4 is 15.7 Å². The summed E-state index contributed by atoms with van der Waals surface area (Å²) in [4.78, 5) is 17.5.